The Morgan fingerprint density at radius 1 is 0.677 bits per heavy atom. The number of carbonyl (C=O) groups is 2. The van der Waals surface area contributed by atoms with E-state index in [1.807, 2.05) is 66.7 Å². The molecule has 0 aliphatic carbocycles. The molecule has 0 heterocycles. The molecule has 6 nitrogen and oxygen atoms in total. The van der Waals surface area contributed by atoms with E-state index in [4.69, 9.17) is 9.47 Å². The summed E-state index contributed by atoms with van der Waals surface area (Å²) in [6.07, 6.45) is -1.57. The average molecular weight is 421 g/mol. The molecule has 3 aromatic carbocycles. The van der Waals surface area contributed by atoms with Gasteiger partial charge in [0.25, 0.3) is 11.8 Å². The number of hydrogen-bond acceptors (Lipinski definition) is 4. The summed E-state index contributed by atoms with van der Waals surface area (Å²) in [5.74, 6) is 0.665. The van der Waals surface area contributed by atoms with Gasteiger partial charge in [0, 0.05) is 0 Å². The number of nitrogens with one attached hydrogen (secondary N) is 2. The van der Waals surface area contributed by atoms with Crippen LogP contribution in [-0.4, -0.2) is 24.0 Å². The van der Waals surface area contributed by atoms with Gasteiger partial charge in [-0.15, -0.1) is 0 Å². The Morgan fingerprint density at radius 2 is 1.19 bits per heavy atom. The second-order valence-corrected chi connectivity index (χ2v) is 7.73. The van der Waals surface area contributed by atoms with E-state index in [9.17, 15) is 9.59 Å². The quantitative estimate of drug-likeness (QED) is 0.558. The second-order valence-electron chi connectivity index (χ2n) is 7.73. The van der Waals surface area contributed by atoms with Crippen LogP contribution in [0.15, 0.2) is 66.7 Å². The Bertz CT molecular complexity index is 1050. The Labute approximate surface area is 182 Å². The van der Waals surface area contributed by atoms with Crippen LogP contribution in [0.5, 0.6) is 11.5 Å². The lowest BCUT2D eigenvalue weighted by atomic mass is 10.0. The summed E-state index contributed by atoms with van der Waals surface area (Å²) in [4.78, 5) is 24.6. The summed E-state index contributed by atoms with van der Waals surface area (Å²) in [6, 6.07) is 21.1. The van der Waals surface area contributed by atoms with Gasteiger partial charge in [0.05, 0.1) is 0 Å². The Balaban J connectivity index is 1.48. The highest BCUT2D eigenvalue weighted by Gasteiger charge is 2.19. The smallest absolute Gasteiger partial charge is 0.279 e. The average Bonchev–Trinajstić information content (AvgIpc) is 2.77. The van der Waals surface area contributed by atoms with Crippen LogP contribution in [0.2, 0.25) is 0 Å². The molecule has 0 saturated heterocycles. The summed E-state index contributed by atoms with van der Waals surface area (Å²) in [5.41, 5.74) is 5.96. The zero-order chi connectivity index (χ0) is 22.4. The van der Waals surface area contributed by atoms with Gasteiger partial charge in [-0.3, -0.25) is 20.4 Å². The summed E-state index contributed by atoms with van der Waals surface area (Å²) in [5, 5.41) is 2.11. The molecule has 2 atom stereocenters. The molecule has 0 aromatic heterocycles. The first-order valence-electron chi connectivity index (χ1n) is 10.4. The van der Waals surface area contributed by atoms with E-state index in [0.29, 0.717) is 17.4 Å². The number of benzene rings is 3. The molecule has 6 heteroatoms. The van der Waals surface area contributed by atoms with Crippen molar-refractivity contribution in [1.82, 2.24) is 10.9 Å². The van der Waals surface area contributed by atoms with Crippen molar-refractivity contribution in [2.45, 2.75) is 45.8 Å². The maximum atomic E-state index is 12.3. The van der Waals surface area contributed by atoms with E-state index < -0.39 is 24.0 Å². The molecule has 3 rings (SSSR count). The van der Waals surface area contributed by atoms with Crippen molar-refractivity contribution in [2.24, 2.45) is 0 Å². The monoisotopic (exact) mass is 420 g/mol. The van der Waals surface area contributed by atoms with Crippen LogP contribution in [0.4, 0.5) is 0 Å². The van der Waals surface area contributed by atoms with Crippen molar-refractivity contribution >= 4 is 22.6 Å². The highest BCUT2D eigenvalue weighted by Crippen LogP contribution is 2.21. The van der Waals surface area contributed by atoms with E-state index in [0.717, 1.165) is 10.8 Å². The minimum atomic E-state index is -0.790. The fourth-order valence-corrected chi connectivity index (χ4v) is 3.01. The van der Waals surface area contributed by atoms with Crippen molar-refractivity contribution in [1.29, 1.82) is 0 Å². The SMILES string of the molecule is CC(C)c1ccc(O[C@H](C)C(=O)NNC(=O)[C@@H](C)Oc2ccc3ccccc3c2)cc1. The predicted molar refractivity (Wildman–Crippen MR) is 121 cm³/mol. The molecule has 0 bridgehead atoms. The van der Waals surface area contributed by atoms with Crippen molar-refractivity contribution in [3.63, 3.8) is 0 Å². The number of amides is 2. The molecule has 3 aromatic rings. The van der Waals surface area contributed by atoms with E-state index in [2.05, 4.69) is 24.7 Å². The first-order chi connectivity index (χ1) is 14.8. The molecular formula is C25H28N2O4. The highest BCUT2D eigenvalue weighted by atomic mass is 16.5. The van der Waals surface area contributed by atoms with Crippen LogP contribution in [-0.2, 0) is 9.59 Å². The van der Waals surface area contributed by atoms with Gasteiger partial charge in [-0.1, -0.05) is 56.3 Å². The third-order valence-corrected chi connectivity index (χ3v) is 4.94. The molecule has 162 valence electrons. The Kier molecular flexibility index (Phi) is 7.13. The zero-order valence-corrected chi connectivity index (χ0v) is 18.2. The Hall–Kier alpha value is -3.54. The normalized spacial score (nSPS) is 12.8. The fourth-order valence-electron chi connectivity index (χ4n) is 3.01. The molecule has 0 aliphatic rings. The lowest BCUT2D eigenvalue weighted by Crippen LogP contribution is -2.50. The van der Waals surface area contributed by atoms with Crippen LogP contribution in [0.3, 0.4) is 0 Å². The largest absolute Gasteiger partial charge is 0.481 e. The van der Waals surface area contributed by atoms with Gasteiger partial charge in [0.1, 0.15) is 11.5 Å². The third-order valence-electron chi connectivity index (χ3n) is 4.94. The number of fused-ring (bicyclic) bond motifs is 1. The number of hydrazine groups is 1. The molecule has 2 N–H and O–H groups in total. The first-order valence-corrected chi connectivity index (χ1v) is 10.4. The minimum Gasteiger partial charge on any atom is -0.481 e. The van der Waals surface area contributed by atoms with E-state index >= 15 is 0 Å². The lowest BCUT2D eigenvalue weighted by Gasteiger charge is -2.18. The van der Waals surface area contributed by atoms with Crippen molar-refractivity contribution in [3.8, 4) is 11.5 Å². The molecule has 0 fully saturated rings. The second kappa shape index (κ2) is 9.98. The minimum absolute atomic E-state index is 0.420. The van der Waals surface area contributed by atoms with Gasteiger partial charge in [0.15, 0.2) is 12.2 Å². The molecular weight excluding hydrogens is 392 g/mol. The van der Waals surface area contributed by atoms with Crippen LogP contribution in [0.1, 0.15) is 39.2 Å². The van der Waals surface area contributed by atoms with E-state index in [-0.39, 0.29) is 0 Å². The topological polar surface area (TPSA) is 76.7 Å². The van der Waals surface area contributed by atoms with Gasteiger partial charge in [-0.2, -0.15) is 0 Å². The molecule has 0 aliphatic heterocycles. The zero-order valence-electron chi connectivity index (χ0n) is 18.2. The van der Waals surface area contributed by atoms with Gasteiger partial charge in [0.2, 0.25) is 0 Å². The summed E-state index contributed by atoms with van der Waals surface area (Å²) < 4.78 is 11.4. The number of ether oxygens (including phenoxy) is 2. The molecule has 31 heavy (non-hydrogen) atoms. The fraction of sp³-hybridized carbons (Fsp3) is 0.280. The molecule has 0 unspecified atom stereocenters. The molecule has 2 amide bonds. The molecule has 0 spiro atoms. The third kappa shape index (κ3) is 5.98. The van der Waals surface area contributed by atoms with E-state index in [1.165, 1.54) is 5.56 Å². The van der Waals surface area contributed by atoms with Crippen LogP contribution in [0, 0.1) is 0 Å². The van der Waals surface area contributed by atoms with Crippen LogP contribution >= 0.6 is 0 Å². The number of carbonyl (C=O) groups excluding carboxylic acids is 2. The van der Waals surface area contributed by atoms with E-state index in [1.54, 1.807) is 13.8 Å². The van der Waals surface area contributed by atoms with Gasteiger partial charge < -0.3 is 9.47 Å². The predicted octanol–water partition coefficient (Wildman–Crippen LogP) is 4.35. The maximum Gasteiger partial charge on any atom is 0.279 e. The highest BCUT2D eigenvalue weighted by molar-refractivity contribution is 5.87. The standard InChI is InChI=1S/C25H28N2O4/c1-16(2)19-9-12-22(13-10-19)30-17(3)24(28)26-27-25(29)18(4)31-23-14-11-20-7-5-6-8-21(20)15-23/h5-18H,1-4H3,(H,26,28)(H,27,29)/t17-,18-/m1/s1. The first kappa shape index (κ1) is 22.2. The maximum absolute atomic E-state index is 12.3. The molecule has 0 radical (unpaired) electrons. The van der Waals surface area contributed by atoms with Gasteiger partial charge in [-0.25, -0.2) is 0 Å². The lowest BCUT2D eigenvalue weighted by molar-refractivity contribution is -0.135. The summed E-state index contributed by atoms with van der Waals surface area (Å²) in [7, 11) is 0. The van der Waals surface area contributed by atoms with Gasteiger partial charge >= 0.3 is 0 Å². The van der Waals surface area contributed by atoms with Crippen molar-refractivity contribution in [2.75, 3.05) is 0 Å². The summed E-state index contributed by atoms with van der Waals surface area (Å²) in [6.45, 7) is 7.46. The number of hydrogen-bond donors (Lipinski definition) is 2. The van der Waals surface area contributed by atoms with Crippen molar-refractivity contribution in [3.05, 3.63) is 72.3 Å². The van der Waals surface area contributed by atoms with Crippen molar-refractivity contribution < 1.29 is 19.1 Å². The summed E-state index contributed by atoms with van der Waals surface area (Å²) >= 11 is 0. The Morgan fingerprint density at radius 3 is 1.77 bits per heavy atom. The van der Waals surface area contributed by atoms with Crippen LogP contribution < -0.4 is 20.3 Å². The van der Waals surface area contributed by atoms with Crippen LogP contribution in [0.25, 0.3) is 10.8 Å². The van der Waals surface area contributed by atoms with Gasteiger partial charge in [-0.05, 0) is 60.4 Å². The molecule has 0 saturated carbocycles. The number of rotatable bonds is 7.